The molecular weight excluding hydrogens is 272 g/mol. The molecule has 2 rings (SSSR count). The van der Waals surface area contributed by atoms with Crippen molar-refractivity contribution >= 4 is 27.3 Å². The Labute approximate surface area is 104 Å². The first kappa shape index (κ1) is 11.6. The van der Waals surface area contributed by atoms with Gasteiger partial charge < -0.3 is 0 Å². The molecule has 0 aromatic carbocycles. The van der Waals surface area contributed by atoms with Crippen LogP contribution in [0, 0.1) is 5.92 Å². The van der Waals surface area contributed by atoms with E-state index in [1.54, 1.807) is 0 Å². The molecule has 0 N–H and O–H groups in total. The van der Waals surface area contributed by atoms with E-state index in [0.717, 1.165) is 17.8 Å². The second-order valence-electron chi connectivity index (χ2n) is 4.31. The Morgan fingerprint density at radius 1 is 1.53 bits per heavy atom. The maximum Gasteiger partial charge on any atom is 0.107 e. The van der Waals surface area contributed by atoms with Crippen molar-refractivity contribution in [2.24, 2.45) is 5.92 Å². The molecule has 1 aromatic heterocycles. The van der Waals surface area contributed by atoms with Gasteiger partial charge in [-0.3, -0.25) is 4.90 Å². The smallest absolute Gasteiger partial charge is 0.107 e. The number of thiazole rings is 1. The third kappa shape index (κ3) is 3.26. The van der Waals surface area contributed by atoms with Gasteiger partial charge in [-0.25, -0.2) is 4.98 Å². The quantitative estimate of drug-likeness (QED) is 0.794. The summed E-state index contributed by atoms with van der Waals surface area (Å²) >= 11 is 5.29. The van der Waals surface area contributed by atoms with E-state index >= 15 is 0 Å². The zero-order valence-electron chi connectivity index (χ0n) is 9.08. The number of aromatic nitrogens is 1. The fourth-order valence-electron chi connectivity index (χ4n) is 1.89. The van der Waals surface area contributed by atoms with E-state index in [-0.39, 0.29) is 0 Å². The highest BCUT2D eigenvalue weighted by atomic mass is 79.9. The lowest BCUT2D eigenvalue weighted by atomic mass is 9.99. The third-order valence-corrected chi connectivity index (χ3v) is 4.93. The monoisotopic (exact) mass is 288 g/mol. The van der Waals surface area contributed by atoms with Crippen LogP contribution in [0.2, 0.25) is 0 Å². The topological polar surface area (TPSA) is 16.1 Å². The molecule has 4 heteroatoms. The second kappa shape index (κ2) is 5.41. The number of likely N-dealkylation sites (tertiary alicyclic amines) is 1. The van der Waals surface area contributed by atoms with Crippen LogP contribution in [0.1, 0.15) is 29.7 Å². The van der Waals surface area contributed by atoms with Crippen LogP contribution in [0.5, 0.6) is 0 Å². The standard InChI is InChI=1S/C11H17BrN2S/c1-9-2-4-14(5-3-9)8-11-13-7-10(6-12)15-11/h7,9H,2-6,8H2,1H3. The first-order valence-corrected chi connectivity index (χ1v) is 7.43. The van der Waals surface area contributed by atoms with Crippen molar-refractivity contribution in [3.63, 3.8) is 0 Å². The van der Waals surface area contributed by atoms with Gasteiger partial charge >= 0.3 is 0 Å². The largest absolute Gasteiger partial charge is 0.297 e. The molecule has 0 aliphatic carbocycles. The highest BCUT2D eigenvalue weighted by Gasteiger charge is 2.16. The molecule has 2 nitrogen and oxygen atoms in total. The average molecular weight is 289 g/mol. The van der Waals surface area contributed by atoms with E-state index in [2.05, 4.69) is 32.7 Å². The van der Waals surface area contributed by atoms with Crippen molar-refractivity contribution in [3.05, 3.63) is 16.1 Å². The molecule has 1 fully saturated rings. The van der Waals surface area contributed by atoms with Gasteiger partial charge in [0.2, 0.25) is 0 Å². The SMILES string of the molecule is CC1CCN(Cc2ncc(CBr)s2)CC1. The number of piperidine rings is 1. The Balaban J connectivity index is 1.86. The fourth-order valence-corrected chi connectivity index (χ4v) is 3.20. The normalized spacial score (nSPS) is 19.6. The molecule has 0 spiro atoms. The van der Waals surface area contributed by atoms with Gasteiger partial charge in [-0.05, 0) is 31.8 Å². The Morgan fingerprint density at radius 2 is 2.27 bits per heavy atom. The molecule has 0 radical (unpaired) electrons. The first-order valence-electron chi connectivity index (χ1n) is 5.50. The summed E-state index contributed by atoms with van der Waals surface area (Å²) in [5, 5.41) is 2.20. The molecule has 1 saturated heterocycles. The summed E-state index contributed by atoms with van der Waals surface area (Å²) in [7, 11) is 0. The Hall–Kier alpha value is 0.0700. The molecule has 0 atom stereocenters. The van der Waals surface area contributed by atoms with Crippen molar-refractivity contribution in [2.45, 2.75) is 31.6 Å². The van der Waals surface area contributed by atoms with Crippen LogP contribution in [0.3, 0.4) is 0 Å². The number of rotatable bonds is 3. The lowest BCUT2D eigenvalue weighted by molar-refractivity contribution is 0.185. The third-order valence-electron chi connectivity index (χ3n) is 2.97. The zero-order chi connectivity index (χ0) is 10.7. The summed E-state index contributed by atoms with van der Waals surface area (Å²) in [6.07, 6.45) is 4.68. The summed E-state index contributed by atoms with van der Waals surface area (Å²) in [6.45, 7) is 5.88. The second-order valence-corrected chi connectivity index (χ2v) is 6.07. The number of nitrogens with zero attached hydrogens (tertiary/aromatic N) is 2. The van der Waals surface area contributed by atoms with E-state index < -0.39 is 0 Å². The van der Waals surface area contributed by atoms with E-state index in [1.807, 2.05) is 17.5 Å². The maximum absolute atomic E-state index is 4.45. The molecule has 1 aliphatic rings. The van der Waals surface area contributed by atoms with Crippen LogP contribution >= 0.6 is 27.3 Å². The van der Waals surface area contributed by atoms with Gasteiger partial charge in [-0.15, -0.1) is 11.3 Å². The van der Waals surface area contributed by atoms with Gasteiger partial charge in [0, 0.05) is 16.4 Å². The highest BCUT2D eigenvalue weighted by molar-refractivity contribution is 9.08. The molecule has 15 heavy (non-hydrogen) atoms. The molecule has 1 aromatic rings. The van der Waals surface area contributed by atoms with E-state index in [0.29, 0.717) is 0 Å². The summed E-state index contributed by atoms with van der Waals surface area (Å²) in [6, 6.07) is 0. The Kier molecular flexibility index (Phi) is 4.17. The average Bonchev–Trinajstić information content (AvgIpc) is 2.69. The van der Waals surface area contributed by atoms with Crippen LogP contribution in [0.4, 0.5) is 0 Å². The first-order chi connectivity index (χ1) is 7.28. The van der Waals surface area contributed by atoms with Gasteiger partial charge in [-0.2, -0.15) is 0 Å². The lowest BCUT2D eigenvalue weighted by Gasteiger charge is -2.29. The minimum absolute atomic E-state index is 0.913. The molecule has 2 heterocycles. The molecule has 0 unspecified atom stereocenters. The molecule has 1 aliphatic heterocycles. The molecule has 0 bridgehead atoms. The zero-order valence-corrected chi connectivity index (χ0v) is 11.5. The number of hydrogen-bond donors (Lipinski definition) is 0. The van der Waals surface area contributed by atoms with Gasteiger partial charge in [0.05, 0.1) is 6.54 Å². The van der Waals surface area contributed by atoms with Crippen molar-refractivity contribution in [3.8, 4) is 0 Å². The Bertz CT molecular complexity index is 305. The maximum atomic E-state index is 4.45. The van der Waals surface area contributed by atoms with Gasteiger partial charge in [0.25, 0.3) is 0 Å². The number of hydrogen-bond acceptors (Lipinski definition) is 3. The number of alkyl halides is 1. The van der Waals surface area contributed by atoms with Gasteiger partial charge in [0.15, 0.2) is 0 Å². The van der Waals surface area contributed by atoms with E-state index in [4.69, 9.17) is 0 Å². The van der Waals surface area contributed by atoms with E-state index in [1.165, 1.54) is 35.8 Å². The summed E-state index contributed by atoms with van der Waals surface area (Å²) in [4.78, 5) is 8.30. The summed E-state index contributed by atoms with van der Waals surface area (Å²) in [5.74, 6) is 0.913. The van der Waals surface area contributed by atoms with Gasteiger partial charge in [-0.1, -0.05) is 22.9 Å². The number of halogens is 1. The molecule has 0 saturated carbocycles. The van der Waals surface area contributed by atoms with Crippen LogP contribution in [-0.4, -0.2) is 23.0 Å². The van der Waals surface area contributed by atoms with E-state index in [9.17, 15) is 0 Å². The fraction of sp³-hybridized carbons (Fsp3) is 0.727. The van der Waals surface area contributed by atoms with Crippen LogP contribution < -0.4 is 0 Å². The summed E-state index contributed by atoms with van der Waals surface area (Å²) in [5.41, 5.74) is 0. The van der Waals surface area contributed by atoms with Crippen molar-refractivity contribution in [2.75, 3.05) is 13.1 Å². The minimum atomic E-state index is 0.913. The van der Waals surface area contributed by atoms with Crippen molar-refractivity contribution in [1.82, 2.24) is 9.88 Å². The predicted octanol–water partition coefficient (Wildman–Crippen LogP) is 3.27. The molecule has 84 valence electrons. The lowest BCUT2D eigenvalue weighted by Crippen LogP contribution is -2.32. The Morgan fingerprint density at radius 3 is 2.87 bits per heavy atom. The van der Waals surface area contributed by atoms with Gasteiger partial charge in [0.1, 0.15) is 5.01 Å². The van der Waals surface area contributed by atoms with Crippen LogP contribution in [0.15, 0.2) is 6.20 Å². The molecule has 0 amide bonds. The van der Waals surface area contributed by atoms with Crippen molar-refractivity contribution < 1.29 is 0 Å². The minimum Gasteiger partial charge on any atom is -0.297 e. The highest BCUT2D eigenvalue weighted by Crippen LogP contribution is 2.21. The summed E-state index contributed by atoms with van der Waals surface area (Å²) < 4.78 is 0. The van der Waals surface area contributed by atoms with Crippen molar-refractivity contribution in [1.29, 1.82) is 0 Å². The van der Waals surface area contributed by atoms with Crippen LogP contribution in [0.25, 0.3) is 0 Å². The predicted molar refractivity (Wildman–Crippen MR) is 68.4 cm³/mol. The van der Waals surface area contributed by atoms with Crippen LogP contribution in [-0.2, 0) is 11.9 Å². The molecular formula is C11H17BrN2S.